The maximum atomic E-state index is 13.3. The average Bonchev–Trinajstić information content (AvgIpc) is 2.87. The van der Waals surface area contributed by atoms with Crippen molar-refractivity contribution < 1.29 is 24.5 Å². The van der Waals surface area contributed by atoms with Crippen molar-refractivity contribution in [1.29, 1.82) is 0 Å². The number of aliphatic hydroxyl groups excluding tert-OH is 2. The molecule has 1 aliphatic carbocycles. The van der Waals surface area contributed by atoms with Gasteiger partial charge in [-0.1, -0.05) is 48.5 Å². The average molecular weight is 590 g/mol. The fourth-order valence-electron chi connectivity index (χ4n) is 4.01. The van der Waals surface area contributed by atoms with Gasteiger partial charge in [-0.25, -0.2) is 0 Å². The third-order valence-electron chi connectivity index (χ3n) is 5.79. The fraction of sp³-hybridized carbons (Fsp3) is 0.333. The molecule has 1 aliphatic rings. The van der Waals surface area contributed by atoms with Crippen LogP contribution in [0.15, 0.2) is 78.9 Å². The monoisotopic (exact) mass is 590 g/mol. The van der Waals surface area contributed by atoms with Crippen LogP contribution in [0.4, 0.5) is 0 Å². The van der Waals surface area contributed by atoms with Crippen molar-refractivity contribution in [1.82, 2.24) is 10.2 Å². The van der Waals surface area contributed by atoms with Crippen molar-refractivity contribution in [2.45, 2.75) is 44.1 Å². The van der Waals surface area contributed by atoms with Crippen LogP contribution in [0, 0.1) is 3.57 Å². The number of halogens is 1. The number of hydrogen-bond donors (Lipinski definition) is 3. The Bertz CT molecular complexity index is 1040. The van der Waals surface area contributed by atoms with Crippen molar-refractivity contribution in [2.75, 3.05) is 13.2 Å². The molecule has 3 rings (SSSR count). The largest absolute Gasteiger partial charge is 0.482 e. The number of carbonyl (C=O) groups is 2. The van der Waals surface area contributed by atoms with Gasteiger partial charge in [-0.15, -0.1) is 6.58 Å². The lowest BCUT2D eigenvalue weighted by Gasteiger charge is -2.40. The standard InChI is InChI=1S/C27H31IN2O5/c1-2-3-13-25(32)30(18-19-9-5-4-6-10-19)22-16-20(27(34)29-14-15-31)17-24(26(22)33)35-23-12-8-7-11-21(23)28/h2,4-12,17,22,24,26,31,33H,1,3,13-16,18H2,(H,29,34)/t22-,24+,26+/m1/s1. The Balaban J connectivity index is 1.96. The van der Waals surface area contributed by atoms with Gasteiger partial charge in [-0.2, -0.15) is 0 Å². The highest BCUT2D eigenvalue weighted by Gasteiger charge is 2.40. The summed E-state index contributed by atoms with van der Waals surface area (Å²) in [5.41, 5.74) is 1.32. The number of nitrogens with one attached hydrogen (secondary N) is 1. The molecule has 2 aromatic carbocycles. The van der Waals surface area contributed by atoms with Crippen LogP contribution in [0.2, 0.25) is 0 Å². The smallest absolute Gasteiger partial charge is 0.247 e. The number of rotatable bonds is 11. The molecule has 0 bridgehead atoms. The molecule has 0 saturated heterocycles. The summed E-state index contributed by atoms with van der Waals surface area (Å²) < 4.78 is 7.02. The molecule has 0 unspecified atom stereocenters. The number of aliphatic hydroxyl groups is 2. The molecule has 2 amide bonds. The molecule has 0 aromatic heterocycles. The minimum Gasteiger partial charge on any atom is -0.482 e. The maximum absolute atomic E-state index is 13.3. The first-order chi connectivity index (χ1) is 16.9. The number of nitrogens with zero attached hydrogens (tertiary/aromatic N) is 1. The zero-order chi connectivity index (χ0) is 25.2. The van der Waals surface area contributed by atoms with Gasteiger partial charge in [0.05, 0.1) is 16.2 Å². The summed E-state index contributed by atoms with van der Waals surface area (Å²) >= 11 is 2.15. The van der Waals surface area contributed by atoms with Gasteiger partial charge < -0.3 is 25.2 Å². The first-order valence-corrected chi connectivity index (χ1v) is 12.7. The summed E-state index contributed by atoms with van der Waals surface area (Å²) in [6, 6.07) is 16.3. The van der Waals surface area contributed by atoms with E-state index in [2.05, 4.69) is 34.5 Å². The van der Waals surface area contributed by atoms with E-state index in [1.165, 1.54) is 0 Å². The molecule has 8 heteroatoms. The van der Waals surface area contributed by atoms with E-state index >= 15 is 0 Å². The van der Waals surface area contributed by atoms with E-state index in [1.54, 1.807) is 23.1 Å². The normalized spacial score (nSPS) is 19.4. The quantitative estimate of drug-likeness (QED) is 0.276. The van der Waals surface area contributed by atoms with Gasteiger partial charge in [0.25, 0.3) is 0 Å². The molecule has 0 radical (unpaired) electrons. The zero-order valence-corrected chi connectivity index (χ0v) is 21.6. The second-order valence-electron chi connectivity index (χ2n) is 8.28. The lowest BCUT2D eigenvalue weighted by Crippen LogP contribution is -2.54. The van der Waals surface area contributed by atoms with E-state index in [1.807, 2.05) is 48.5 Å². The third-order valence-corrected chi connectivity index (χ3v) is 6.68. The molecular weight excluding hydrogens is 559 g/mol. The van der Waals surface area contributed by atoms with Crippen LogP contribution < -0.4 is 10.1 Å². The molecule has 0 aliphatic heterocycles. The zero-order valence-electron chi connectivity index (χ0n) is 19.5. The fourth-order valence-corrected chi connectivity index (χ4v) is 4.52. The maximum Gasteiger partial charge on any atom is 0.247 e. The highest BCUT2D eigenvalue weighted by molar-refractivity contribution is 14.1. The van der Waals surface area contributed by atoms with Gasteiger partial charge in [0, 0.05) is 31.5 Å². The molecule has 2 aromatic rings. The minimum atomic E-state index is -1.06. The number of carbonyl (C=O) groups excluding carboxylic acids is 2. The second kappa shape index (κ2) is 13.4. The summed E-state index contributed by atoms with van der Waals surface area (Å²) in [6.45, 7) is 3.92. The minimum absolute atomic E-state index is 0.109. The SMILES string of the molecule is C=CCCC(=O)N(Cc1ccccc1)[C@@H]1CC(C(=O)NCCO)=C[C@H](Oc2ccccc2I)[C@H]1O. The molecule has 3 N–H and O–H groups in total. The van der Waals surface area contributed by atoms with Crippen LogP contribution >= 0.6 is 22.6 Å². The van der Waals surface area contributed by atoms with Gasteiger partial charge in [0.15, 0.2) is 0 Å². The lowest BCUT2D eigenvalue weighted by atomic mass is 9.87. The van der Waals surface area contributed by atoms with Crippen LogP contribution in [0.5, 0.6) is 5.75 Å². The van der Waals surface area contributed by atoms with Crippen LogP contribution in [0.3, 0.4) is 0 Å². The molecule has 0 saturated carbocycles. The summed E-state index contributed by atoms with van der Waals surface area (Å²) in [4.78, 5) is 27.8. The Morgan fingerprint density at radius 2 is 1.89 bits per heavy atom. The molecule has 0 fully saturated rings. The van der Waals surface area contributed by atoms with Crippen molar-refractivity contribution in [3.63, 3.8) is 0 Å². The van der Waals surface area contributed by atoms with Crippen molar-refractivity contribution in [2.24, 2.45) is 0 Å². The Hall–Kier alpha value is -2.69. The topological polar surface area (TPSA) is 99.1 Å². The Labute approximate surface area is 219 Å². The molecule has 7 nitrogen and oxygen atoms in total. The van der Waals surface area contributed by atoms with Gasteiger partial charge in [0.2, 0.25) is 11.8 Å². The van der Waals surface area contributed by atoms with Gasteiger partial charge in [-0.3, -0.25) is 9.59 Å². The lowest BCUT2D eigenvalue weighted by molar-refractivity contribution is -0.139. The summed E-state index contributed by atoms with van der Waals surface area (Å²) in [7, 11) is 0. The van der Waals surface area contributed by atoms with E-state index in [-0.39, 0.29) is 37.8 Å². The van der Waals surface area contributed by atoms with Crippen molar-refractivity contribution in [3.05, 3.63) is 88.0 Å². The molecule has 186 valence electrons. The summed E-state index contributed by atoms with van der Waals surface area (Å²) in [5, 5.41) is 23.2. The summed E-state index contributed by atoms with van der Waals surface area (Å²) in [6.07, 6.45) is 2.32. The summed E-state index contributed by atoms with van der Waals surface area (Å²) in [5.74, 6) is 0.0881. The van der Waals surface area contributed by atoms with Crippen molar-refractivity contribution in [3.8, 4) is 5.75 Å². The number of para-hydroxylation sites is 1. The predicted molar refractivity (Wildman–Crippen MR) is 143 cm³/mol. The van der Waals surface area contributed by atoms with E-state index in [0.29, 0.717) is 24.3 Å². The number of amides is 2. The predicted octanol–water partition coefficient (Wildman–Crippen LogP) is 3.20. The Morgan fingerprint density at radius 3 is 2.57 bits per heavy atom. The molecule has 35 heavy (non-hydrogen) atoms. The highest BCUT2D eigenvalue weighted by Crippen LogP contribution is 2.30. The number of ether oxygens (including phenoxy) is 1. The molecule has 0 spiro atoms. The van der Waals surface area contributed by atoms with Crippen LogP contribution in [0.1, 0.15) is 24.8 Å². The number of hydrogen-bond acceptors (Lipinski definition) is 5. The molecule has 3 atom stereocenters. The van der Waals surface area contributed by atoms with Gasteiger partial charge in [-0.05, 0) is 52.8 Å². The van der Waals surface area contributed by atoms with E-state index in [9.17, 15) is 14.7 Å². The first kappa shape index (κ1) is 26.9. The molecule has 0 heterocycles. The van der Waals surface area contributed by atoms with Crippen LogP contribution in [0.25, 0.3) is 0 Å². The van der Waals surface area contributed by atoms with Crippen molar-refractivity contribution >= 4 is 34.4 Å². The van der Waals surface area contributed by atoms with Crippen LogP contribution in [-0.2, 0) is 16.1 Å². The van der Waals surface area contributed by atoms with Gasteiger partial charge >= 0.3 is 0 Å². The molecular formula is C27H31IN2O5. The van der Waals surface area contributed by atoms with E-state index < -0.39 is 18.2 Å². The van der Waals surface area contributed by atoms with E-state index in [0.717, 1.165) is 9.13 Å². The third kappa shape index (κ3) is 7.39. The highest BCUT2D eigenvalue weighted by atomic mass is 127. The van der Waals surface area contributed by atoms with E-state index in [4.69, 9.17) is 9.84 Å². The van der Waals surface area contributed by atoms with Crippen LogP contribution in [-0.4, -0.2) is 58.3 Å². The number of benzene rings is 2. The van der Waals surface area contributed by atoms with Gasteiger partial charge in [0.1, 0.15) is 18.0 Å². The Morgan fingerprint density at radius 1 is 1.17 bits per heavy atom. The second-order valence-corrected chi connectivity index (χ2v) is 9.44. The Kier molecular flexibility index (Phi) is 10.3. The first-order valence-electron chi connectivity index (χ1n) is 11.6. The number of allylic oxidation sites excluding steroid dienone is 1.